The molecule has 0 amide bonds. The second-order valence-corrected chi connectivity index (χ2v) is 4.57. The molecule has 0 aromatic carbocycles. The number of halogens is 1. The lowest BCUT2D eigenvalue weighted by atomic mass is 10.2. The van der Waals surface area contributed by atoms with Gasteiger partial charge in [0.05, 0.1) is 6.20 Å². The normalized spacial score (nSPS) is 11.5. The van der Waals surface area contributed by atoms with Gasteiger partial charge in [-0.3, -0.25) is 0 Å². The van der Waals surface area contributed by atoms with Crippen molar-refractivity contribution in [1.29, 1.82) is 0 Å². The van der Waals surface area contributed by atoms with Gasteiger partial charge >= 0.3 is 6.09 Å². The Balaban J connectivity index is 2.91. The maximum Gasteiger partial charge on any atom is 0.420 e. The maximum absolute atomic E-state index is 11.7. The fraction of sp³-hybridized carbons (Fsp3) is 0.600. The average molecular weight is 231 g/mol. The molecule has 1 aromatic heterocycles. The summed E-state index contributed by atoms with van der Waals surface area (Å²) in [6.07, 6.45) is 1.65. The second kappa shape index (κ2) is 4.23. The van der Waals surface area contributed by atoms with Crippen LogP contribution in [0.25, 0.3) is 0 Å². The second-order valence-electron chi connectivity index (χ2n) is 4.18. The maximum atomic E-state index is 11.7. The first-order chi connectivity index (χ1) is 6.83. The number of carbonyl (C=O) groups is 1. The third kappa shape index (κ3) is 3.23. The van der Waals surface area contributed by atoms with Crippen molar-refractivity contribution < 1.29 is 9.53 Å². The molecule has 0 aliphatic rings. The van der Waals surface area contributed by atoms with Crippen LogP contribution in [0.4, 0.5) is 4.79 Å². The summed E-state index contributed by atoms with van der Waals surface area (Å²) in [7, 11) is 0. The van der Waals surface area contributed by atoms with Crippen LogP contribution in [-0.4, -0.2) is 21.2 Å². The van der Waals surface area contributed by atoms with Crippen molar-refractivity contribution in [1.82, 2.24) is 9.55 Å². The molecular formula is C10H15ClN2O2. The molecule has 0 fully saturated rings. The van der Waals surface area contributed by atoms with Crippen LogP contribution in [0, 0.1) is 0 Å². The highest BCUT2D eigenvalue weighted by atomic mass is 35.5. The van der Waals surface area contributed by atoms with Gasteiger partial charge in [0.15, 0.2) is 0 Å². The third-order valence-corrected chi connectivity index (χ3v) is 1.84. The van der Waals surface area contributed by atoms with E-state index in [2.05, 4.69) is 4.98 Å². The van der Waals surface area contributed by atoms with E-state index in [1.165, 1.54) is 10.8 Å². The molecule has 0 N–H and O–H groups in total. The Morgan fingerprint density at radius 3 is 2.67 bits per heavy atom. The number of hydrogen-bond acceptors (Lipinski definition) is 3. The summed E-state index contributed by atoms with van der Waals surface area (Å²) in [6, 6.07) is 0. The highest BCUT2D eigenvalue weighted by Gasteiger charge is 2.20. The SMILES string of the molecule is CCc1nc(Cl)cn1C(=O)OC(C)(C)C. The zero-order valence-electron chi connectivity index (χ0n) is 9.37. The predicted octanol–water partition coefficient (Wildman–Crippen LogP) is 2.88. The number of nitrogens with zero attached hydrogens (tertiary/aromatic N) is 2. The lowest BCUT2D eigenvalue weighted by Crippen LogP contribution is -2.27. The van der Waals surface area contributed by atoms with Gasteiger partial charge in [0, 0.05) is 6.42 Å². The molecule has 0 aliphatic heterocycles. The number of aromatic nitrogens is 2. The smallest absolute Gasteiger partial charge is 0.420 e. The molecule has 84 valence electrons. The van der Waals surface area contributed by atoms with E-state index in [0.29, 0.717) is 17.4 Å². The summed E-state index contributed by atoms with van der Waals surface area (Å²) in [4.78, 5) is 15.7. The summed E-state index contributed by atoms with van der Waals surface area (Å²) in [6.45, 7) is 7.35. The van der Waals surface area contributed by atoms with Crippen molar-refractivity contribution in [3.05, 3.63) is 17.2 Å². The molecule has 0 saturated heterocycles. The van der Waals surface area contributed by atoms with Crippen molar-refractivity contribution in [2.24, 2.45) is 0 Å². The molecular weight excluding hydrogens is 216 g/mol. The summed E-state index contributed by atoms with van der Waals surface area (Å²) in [5, 5.41) is 0.303. The van der Waals surface area contributed by atoms with Crippen molar-refractivity contribution in [3.8, 4) is 0 Å². The van der Waals surface area contributed by atoms with Gasteiger partial charge in [-0.1, -0.05) is 18.5 Å². The summed E-state index contributed by atoms with van der Waals surface area (Å²) >= 11 is 5.72. The van der Waals surface area contributed by atoms with E-state index in [1.54, 1.807) is 0 Å². The molecule has 0 atom stereocenters. The van der Waals surface area contributed by atoms with Gasteiger partial charge in [-0.2, -0.15) is 0 Å². The minimum atomic E-state index is -0.515. The Morgan fingerprint density at radius 2 is 2.20 bits per heavy atom. The molecule has 1 aromatic rings. The van der Waals surface area contributed by atoms with Crippen LogP contribution >= 0.6 is 11.6 Å². The Hall–Kier alpha value is -1.03. The van der Waals surface area contributed by atoms with Crippen LogP contribution in [0.1, 0.15) is 33.5 Å². The minimum Gasteiger partial charge on any atom is -0.443 e. The van der Waals surface area contributed by atoms with Crippen molar-refractivity contribution >= 4 is 17.7 Å². The van der Waals surface area contributed by atoms with Gasteiger partial charge in [0.2, 0.25) is 0 Å². The molecule has 0 aliphatic carbocycles. The average Bonchev–Trinajstić information content (AvgIpc) is 2.43. The number of carbonyl (C=O) groups excluding carboxylic acids is 1. The Labute approximate surface area is 94.2 Å². The number of aryl methyl sites for hydroxylation is 1. The first-order valence-electron chi connectivity index (χ1n) is 4.80. The molecule has 0 saturated carbocycles. The van der Waals surface area contributed by atoms with Gasteiger partial charge in [-0.25, -0.2) is 14.3 Å². The van der Waals surface area contributed by atoms with E-state index in [1.807, 2.05) is 27.7 Å². The van der Waals surface area contributed by atoms with Gasteiger partial charge in [-0.05, 0) is 20.8 Å². The molecule has 5 heteroatoms. The zero-order valence-corrected chi connectivity index (χ0v) is 10.1. The molecule has 1 rings (SSSR count). The summed E-state index contributed by atoms with van der Waals surface area (Å²) < 4.78 is 6.55. The van der Waals surface area contributed by atoms with E-state index < -0.39 is 11.7 Å². The van der Waals surface area contributed by atoms with Crippen LogP contribution in [0.3, 0.4) is 0 Å². The highest BCUT2D eigenvalue weighted by molar-refractivity contribution is 6.29. The van der Waals surface area contributed by atoms with Gasteiger partial charge in [-0.15, -0.1) is 0 Å². The minimum absolute atomic E-state index is 0.303. The molecule has 4 nitrogen and oxygen atoms in total. The lowest BCUT2D eigenvalue weighted by molar-refractivity contribution is 0.0532. The topological polar surface area (TPSA) is 44.1 Å². The largest absolute Gasteiger partial charge is 0.443 e. The fourth-order valence-electron chi connectivity index (χ4n) is 1.11. The highest BCUT2D eigenvalue weighted by Crippen LogP contribution is 2.13. The van der Waals surface area contributed by atoms with Crippen LogP contribution in [0.5, 0.6) is 0 Å². The predicted molar refractivity (Wildman–Crippen MR) is 58.2 cm³/mol. The fourth-order valence-corrected chi connectivity index (χ4v) is 1.30. The number of imidazole rings is 1. The lowest BCUT2D eigenvalue weighted by Gasteiger charge is -2.19. The molecule has 0 bridgehead atoms. The molecule has 15 heavy (non-hydrogen) atoms. The Bertz CT molecular complexity index is 366. The van der Waals surface area contributed by atoms with Crippen LogP contribution < -0.4 is 0 Å². The van der Waals surface area contributed by atoms with Crippen molar-refractivity contribution in [3.63, 3.8) is 0 Å². The Kier molecular flexibility index (Phi) is 3.39. The van der Waals surface area contributed by atoms with Gasteiger partial charge in [0.25, 0.3) is 0 Å². The monoisotopic (exact) mass is 230 g/mol. The number of hydrogen-bond donors (Lipinski definition) is 0. The molecule has 0 spiro atoms. The van der Waals surface area contributed by atoms with Crippen molar-refractivity contribution in [2.45, 2.75) is 39.7 Å². The van der Waals surface area contributed by atoms with Gasteiger partial charge in [0.1, 0.15) is 16.6 Å². The van der Waals surface area contributed by atoms with Gasteiger partial charge < -0.3 is 4.74 Å². The molecule has 0 radical (unpaired) electrons. The van der Waals surface area contributed by atoms with E-state index in [9.17, 15) is 4.79 Å². The standard InChI is InChI=1S/C10H15ClN2O2/c1-5-8-12-7(11)6-13(8)9(14)15-10(2,3)4/h6H,5H2,1-4H3. The van der Waals surface area contributed by atoms with E-state index >= 15 is 0 Å². The van der Waals surface area contributed by atoms with E-state index in [0.717, 1.165) is 0 Å². The zero-order chi connectivity index (χ0) is 11.6. The quantitative estimate of drug-likeness (QED) is 0.745. The van der Waals surface area contributed by atoms with Crippen molar-refractivity contribution in [2.75, 3.05) is 0 Å². The Morgan fingerprint density at radius 1 is 1.60 bits per heavy atom. The number of ether oxygens (including phenoxy) is 1. The third-order valence-electron chi connectivity index (χ3n) is 1.66. The number of rotatable bonds is 1. The first-order valence-corrected chi connectivity index (χ1v) is 5.18. The first kappa shape index (κ1) is 12.0. The molecule has 0 unspecified atom stereocenters. The molecule has 1 heterocycles. The summed E-state index contributed by atoms with van der Waals surface area (Å²) in [5.41, 5.74) is -0.515. The van der Waals surface area contributed by atoms with E-state index in [-0.39, 0.29) is 0 Å². The summed E-state index contributed by atoms with van der Waals surface area (Å²) in [5.74, 6) is 0.606. The van der Waals surface area contributed by atoms with E-state index in [4.69, 9.17) is 16.3 Å². The van der Waals surface area contributed by atoms with Crippen LogP contribution in [0.2, 0.25) is 5.15 Å². The van der Waals surface area contributed by atoms with Crippen LogP contribution in [-0.2, 0) is 11.2 Å². The van der Waals surface area contributed by atoms with Crippen LogP contribution in [0.15, 0.2) is 6.20 Å².